The first-order chi connectivity index (χ1) is 13.8. The number of carbonyl (C=O) groups is 1. The second-order valence-corrected chi connectivity index (χ2v) is 9.77. The van der Waals surface area contributed by atoms with Crippen LogP contribution in [0.4, 0.5) is 10.1 Å². The van der Waals surface area contributed by atoms with Gasteiger partial charge in [-0.15, -0.1) is 11.8 Å². The number of nitrogens with zero attached hydrogens (tertiary/aromatic N) is 2. The molecule has 2 aromatic rings. The fourth-order valence-electron chi connectivity index (χ4n) is 3.39. The molecule has 3 rings (SSSR count). The fourth-order valence-corrected chi connectivity index (χ4v) is 4.53. The van der Waals surface area contributed by atoms with Crippen molar-refractivity contribution in [1.29, 1.82) is 0 Å². The van der Waals surface area contributed by atoms with E-state index < -0.39 is 0 Å². The molecule has 4 nitrogen and oxygen atoms in total. The van der Waals surface area contributed by atoms with Crippen LogP contribution in [0.5, 0.6) is 0 Å². The summed E-state index contributed by atoms with van der Waals surface area (Å²) in [6.45, 7) is 7.54. The summed E-state index contributed by atoms with van der Waals surface area (Å²) in [5.74, 6) is -0.338. The fraction of sp³-hybridized carbons (Fsp3) is 0.409. The van der Waals surface area contributed by atoms with E-state index in [1.165, 1.54) is 17.8 Å². The molecule has 0 saturated carbocycles. The van der Waals surface area contributed by atoms with Gasteiger partial charge in [0.05, 0.1) is 11.3 Å². The Balaban J connectivity index is 1.69. The Morgan fingerprint density at radius 1 is 1.10 bits per heavy atom. The Morgan fingerprint density at radius 3 is 2.41 bits per heavy atom. The van der Waals surface area contributed by atoms with Crippen molar-refractivity contribution in [3.63, 3.8) is 0 Å². The molecule has 2 atom stereocenters. The molecule has 0 aromatic heterocycles. The van der Waals surface area contributed by atoms with E-state index in [0.717, 1.165) is 46.8 Å². The number of halogens is 2. The smallest absolute Gasteiger partial charge is 0.233 e. The van der Waals surface area contributed by atoms with Crippen LogP contribution in [0.25, 0.3) is 0 Å². The summed E-state index contributed by atoms with van der Waals surface area (Å²) in [5, 5.41) is 2.82. The third kappa shape index (κ3) is 5.96. The molecule has 1 aliphatic heterocycles. The lowest BCUT2D eigenvalue weighted by Gasteiger charge is -2.36. The van der Waals surface area contributed by atoms with Crippen molar-refractivity contribution in [3.05, 3.63) is 58.3 Å². The van der Waals surface area contributed by atoms with Crippen molar-refractivity contribution in [2.45, 2.75) is 30.0 Å². The first-order valence-electron chi connectivity index (χ1n) is 9.79. The van der Waals surface area contributed by atoms with Crippen molar-refractivity contribution in [2.24, 2.45) is 0 Å². The first-order valence-corrected chi connectivity index (χ1v) is 11.5. The van der Waals surface area contributed by atoms with Gasteiger partial charge in [-0.3, -0.25) is 4.79 Å². The summed E-state index contributed by atoms with van der Waals surface area (Å²) in [5.41, 5.74) is 1.82. The Hall–Kier alpha value is -1.57. The highest BCUT2D eigenvalue weighted by Gasteiger charge is 2.23. The van der Waals surface area contributed by atoms with E-state index in [0.29, 0.717) is 0 Å². The molecule has 1 aliphatic rings. The quantitative estimate of drug-likeness (QED) is 0.609. The molecule has 29 heavy (non-hydrogen) atoms. The standard InChI is InChI=1S/C22H27BrFN3OS/c1-15(25-22(28)16(2)29-19-7-4-17(23)5-8-19)20-14-18(24)6-9-21(20)27-12-10-26(3)11-13-27/h4-9,14-16H,10-13H2,1-3H3,(H,25,28). The van der Waals surface area contributed by atoms with E-state index >= 15 is 0 Å². The lowest BCUT2D eigenvalue weighted by molar-refractivity contribution is -0.120. The lowest BCUT2D eigenvalue weighted by atomic mass is 10.0. The molecule has 2 unspecified atom stereocenters. The zero-order chi connectivity index (χ0) is 21.0. The van der Waals surface area contributed by atoms with Gasteiger partial charge in [0.2, 0.25) is 5.91 Å². The molecular formula is C22H27BrFN3OS. The van der Waals surface area contributed by atoms with Gasteiger partial charge in [0.15, 0.2) is 0 Å². The van der Waals surface area contributed by atoms with E-state index in [1.54, 1.807) is 6.07 Å². The van der Waals surface area contributed by atoms with E-state index in [9.17, 15) is 9.18 Å². The van der Waals surface area contributed by atoms with Crippen LogP contribution in [-0.4, -0.2) is 49.3 Å². The number of benzene rings is 2. The molecule has 0 radical (unpaired) electrons. The number of hydrogen-bond donors (Lipinski definition) is 1. The predicted octanol–water partition coefficient (Wildman–Crippen LogP) is 4.70. The van der Waals surface area contributed by atoms with E-state index in [4.69, 9.17) is 0 Å². The van der Waals surface area contributed by atoms with Crippen LogP contribution >= 0.6 is 27.7 Å². The second kappa shape index (κ2) is 9.96. The Labute approximate surface area is 185 Å². The third-order valence-corrected chi connectivity index (χ3v) is 6.80. The highest BCUT2D eigenvalue weighted by Crippen LogP contribution is 2.30. The summed E-state index contributed by atoms with van der Waals surface area (Å²) in [6, 6.07) is 12.5. The number of piperazine rings is 1. The van der Waals surface area contributed by atoms with Gasteiger partial charge >= 0.3 is 0 Å². The van der Waals surface area contributed by atoms with Crippen molar-refractivity contribution in [1.82, 2.24) is 10.2 Å². The van der Waals surface area contributed by atoms with Crippen LogP contribution in [0, 0.1) is 5.82 Å². The molecule has 1 heterocycles. The normalized spacial score (nSPS) is 17.1. The third-order valence-electron chi connectivity index (χ3n) is 5.15. The molecular weight excluding hydrogens is 453 g/mol. The van der Waals surface area contributed by atoms with Crippen LogP contribution in [0.15, 0.2) is 51.8 Å². The molecule has 7 heteroatoms. The van der Waals surface area contributed by atoms with Gasteiger partial charge in [0.25, 0.3) is 0 Å². The molecule has 156 valence electrons. The minimum absolute atomic E-state index is 0.0565. The SMILES string of the molecule is CC(Sc1ccc(Br)cc1)C(=O)NC(C)c1cc(F)ccc1N1CCN(C)CC1. The zero-order valence-corrected chi connectivity index (χ0v) is 19.4. The maximum atomic E-state index is 14.0. The Kier molecular flexibility index (Phi) is 7.60. The summed E-state index contributed by atoms with van der Waals surface area (Å²) >= 11 is 4.93. The number of rotatable bonds is 6. The topological polar surface area (TPSA) is 35.6 Å². The highest BCUT2D eigenvalue weighted by atomic mass is 79.9. The minimum Gasteiger partial charge on any atom is -0.369 e. The van der Waals surface area contributed by atoms with E-state index in [2.05, 4.69) is 38.1 Å². The van der Waals surface area contributed by atoms with E-state index in [1.807, 2.05) is 44.2 Å². The largest absolute Gasteiger partial charge is 0.369 e. The van der Waals surface area contributed by atoms with Crippen molar-refractivity contribution >= 4 is 39.3 Å². The monoisotopic (exact) mass is 479 g/mol. The zero-order valence-electron chi connectivity index (χ0n) is 17.0. The molecule has 0 bridgehead atoms. The highest BCUT2D eigenvalue weighted by molar-refractivity contribution is 9.10. The number of nitrogens with one attached hydrogen (secondary N) is 1. The molecule has 1 fully saturated rings. The van der Waals surface area contributed by atoms with E-state index in [-0.39, 0.29) is 23.0 Å². The summed E-state index contributed by atoms with van der Waals surface area (Å²) in [6.07, 6.45) is 0. The van der Waals surface area contributed by atoms with Crippen LogP contribution in [0.2, 0.25) is 0 Å². The summed E-state index contributed by atoms with van der Waals surface area (Å²) < 4.78 is 15.0. The molecule has 1 amide bonds. The van der Waals surface area contributed by atoms with Crippen LogP contribution in [-0.2, 0) is 4.79 Å². The van der Waals surface area contributed by atoms with Gasteiger partial charge in [-0.25, -0.2) is 4.39 Å². The molecule has 0 aliphatic carbocycles. The second-order valence-electron chi connectivity index (χ2n) is 7.44. The maximum absolute atomic E-state index is 14.0. The lowest BCUT2D eigenvalue weighted by Crippen LogP contribution is -2.45. The Bertz CT molecular complexity index is 840. The molecule has 0 spiro atoms. The molecule has 1 saturated heterocycles. The number of thioether (sulfide) groups is 1. The Morgan fingerprint density at radius 2 is 1.76 bits per heavy atom. The van der Waals surface area contributed by atoms with Crippen molar-refractivity contribution in [2.75, 3.05) is 38.1 Å². The predicted molar refractivity (Wildman–Crippen MR) is 122 cm³/mol. The van der Waals surface area contributed by atoms with Crippen molar-refractivity contribution in [3.8, 4) is 0 Å². The van der Waals surface area contributed by atoms with Crippen LogP contribution in [0.3, 0.4) is 0 Å². The van der Waals surface area contributed by atoms with Gasteiger partial charge < -0.3 is 15.1 Å². The first kappa shape index (κ1) is 22.1. The van der Waals surface area contributed by atoms with Gasteiger partial charge in [0.1, 0.15) is 5.82 Å². The maximum Gasteiger partial charge on any atom is 0.233 e. The van der Waals surface area contributed by atoms with Crippen LogP contribution in [0.1, 0.15) is 25.5 Å². The average Bonchev–Trinajstić information content (AvgIpc) is 2.70. The number of anilines is 1. The molecule has 1 N–H and O–H groups in total. The summed E-state index contributed by atoms with van der Waals surface area (Å²) in [4.78, 5) is 18.4. The van der Waals surface area contributed by atoms with Gasteiger partial charge in [-0.1, -0.05) is 15.9 Å². The van der Waals surface area contributed by atoms with Crippen molar-refractivity contribution < 1.29 is 9.18 Å². The van der Waals surface area contributed by atoms with Gasteiger partial charge in [-0.2, -0.15) is 0 Å². The molecule has 2 aromatic carbocycles. The minimum atomic E-state index is -0.281. The van der Waals surface area contributed by atoms with Crippen LogP contribution < -0.4 is 10.2 Å². The average molecular weight is 480 g/mol. The number of carbonyl (C=O) groups excluding carboxylic acids is 1. The number of likely N-dealkylation sites (N-methyl/N-ethyl adjacent to an activating group) is 1. The summed E-state index contributed by atoms with van der Waals surface area (Å²) in [7, 11) is 2.11. The number of amides is 1. The van der Waals surface area contributed by atoms with Gasteiger partial charge in [0, 0.05) is 46.8 Å². The number of hydrogen-bond acceptors (Lipinski definition) is 4. The van der Waals surface area contributed by atoms with Gasteiger partial charge in [-0.05, 0) is 63.4 Å².